The minimum atomic E-state index is -0.339. The maximum absolute atomic E-state index is 11.9. The Hall–Kier alpha value is -1.46. The first-order valence-electron chi connectivity index (χ1n) is 6.72. The summed E-state index contributed by atoms with van der Waals surface area (Å²) in [6, 6.07) is 4.77. The first kappa shape index (κ1) is 16.6. The number of urea groups is 1. The molecule has 0 aromatic heterocycles. The van der Waals surface area contributed by atoms with Crippen molar-refractivity contribution in [1.82, 2.24) is 5.32 Å². The molecule has 0 saturated heterocycles. The van der Waals surface area contributed by atoms with E-state index in [0.29, 0.717) is 29.5 Å². The van der Waals surface area contributed by atoms with Gasteiger partial charge in [0.2, 0.25) is 0 Å². The molecule has 0 radical (unpaired) electrons. The van der Waals surface area contributed by atoms with Crippen LogP contribution < -0.4 is 15.4 Å². The molecule has 6 heteroatoms. The molecule has 2 amide bonds. The molecule has 0 aliphatic rings. The van der Waals surface area contributed by atoms with Gasteiger partial charge in [-0.1, -0.05) is 24.6 Å². The molecular formula is C14H21ClN2O3. The summed E-state index contributed by atoms with van der Waals surface area (Å²) in [5, 5.41) is 14.9. The lowest BCUT2D eigenvalue weighted by Crippen LogP contribution is -2.38. The van der Waals surface area contributed by atoms with Crippen LogP contribution in [0.3, 0.4) is 0 Å². The van der Waals surface area contributed by atoms with Crippen molar-refractivity contribution >= 4 is 23.3 Å². The lowest BCUT2D eigenvalue weighted by Gasteiger charge is -2.18. The molecule has 0 spiro atoms. The molecule has 3 N–H and O–H groups in total. The Kier molecular flexibility index (Phi) is 7.18. The highest BCUT2D eigenvalue weighted by Gasteiger charge is 2.13. The van der Waals surface area contributed by atoms with E-state index in [4.69, 9.17) is 21.4 Å². The zero-order chi connectivity index (χ0) is 15.0. The fraction of sp³-hybridized carbons (Fsp3) is 0.500. The highest BCUT2D eigenvalue weighted by Crippen LogP contribution is 2.32. The number of para-hydroxylation sites is 1. The first-order valence-corrected chi connectivity index (χ1v) is 7.09. The van der Waals surface area contributed by atoms with Gasteiger partial charge in [-0.2, -0.15) is 0 Å². The van der Waals surface area contributed by atoms with E-state index in [9.17, 15) is 4.79 Å². The molecule has 0 saturated carbocycles. The van der Waals surface area contributed by atoms with Gasteiger partial charge < -0.3 is 20.5 Å². The predicted octanol–water partition coefficient (Wildman–Crippen LogP) is 3.02. The van der Waals surface area contributed by atoms with Gasteiger partial charge in [0.25, 0.3) is 0 Å². The Morgan fingerprint density at radius 3 is 2.80 bits per heavy atom. The van der Waals surface area contributed by atoms with E-state index < -0.39 is 0 Å². The fourth-order valence-corrected chi connectivity index (χ4v) is 2.01. The van der Waals surface area contributed by atoms with Crippen LogP contribution in [0, 0.1) is 0 Å². The van der Waals surface area contributed by atoms with Crippen LogP contribution in [0.4, 0.5) is 10.5 Å². The Labute approximate surface area is 124 Å². The van der Waals surface area contributed by atoms with Gasteiger partial charge in [0.1, 0.15) is 0 Å². The SMILES string of the molecule is CCOc1c(Cl)cccc1NC(=O)NC(CC)CCO. The van der Waals surface area contributed by atoms with Crippen LogP contribution >= 0.6 is 11.6 Å². The van der Waals surface area contributed by atoms with E-state index in [-0.39, 0.29) is 18.7 Å². The van der Waals surface area contributed by atoms with Crippen molar-refractivity contribution in [2.75, 3.05) is 18.5 Å². The summed E-state index contributed by atoms with van der Waals surface area (Å²) >= 11 is 6.04. The number of nitrogens with one attached hydrogen (secondary N) is 2. The van der Waals surface area contributed by atoms with Crippen LogP contribution in [0.15, 0.2) is 18.2 Å². The largest absolute Gasteiger partial charge is 0.490 e. The number of amides is 2. The minimum absolute atomic E-state index is 0.0418. The van der Waals surface area contributed by atoms with Gasteiger partial charge in [-0.25, -0.2) is 4.79 Å². The Bertz CT molecular complexity index is 440. The number of carbonyl (C=O) groups excluding carboxylic acids is 1. The summed E-state index contributed by atoms with van der Waals surface area (Å²) in [5.74, 6) is 0.460. The second-order valence-corrected chi connectivity index (χ2v) is 4.67. The summed E-state index contributed by atoms with van der Waals surface area (Å²) in [4.78, 5) is 11.9. The standard InChI is InChI=1S/C14H21ClN2O3/c1-3-10(8-9-18)16-14(19)17-12-7-5-6-11(15)13(12)20-4-2/h5-7,10,18H,3-4,8-9H2,1-2H3,(H2,16,17,19). The highest BCUT2D eigenvalue weighted by molar-refractivity contribution is 6.32. The van der Waals surface area contributed by atoms with Gasteiger partial charge in [-0.05, 0) is 31.9 Å². The number of hydrogen-bond acceptors (Lipinski definition) is 3. The van der Waals surface area contributed by atoms with Crippen molar-refractivity contribution in [1.29, 1.82) is 0 Å². The smallest absolute Gasteiger partial charge is 0.319 e. The van der Waals surface area contributed by atoms with E-state index in [1.165, 1.54) is 0 Å². The molecule has 0 bridgehead atoms. The highest BCUT2D eigenvalue weighted by atomic mass is 35.5. The molecule has 20 heavy (non-hydrogen) atoms. The van der Waals surface area contributed by atoms with Crippen molar-refractivity contribution in [3.05, 3.63) is 23.2 Å². The average Bonchev–Trinajstić information content (AvgIpc) is 2.42. The summed E-state index contributed by atoms with van der Waals surface area (Å²) in [5.41, 5.74) is 0.524. The van der Waals surface area contributed by atoms with Gasteiger partial charge in [0.15, 0.2) is 5.75 Å². The number of rotatable bonds is 7. The second kappa shape index (κ2) is 8.66. The van der Waals surface area contributed by atoms with Gasteiger partial charge in [-0.15, -0.1) is 0 Å². The maximum Gasteiger partial charge on any atom is 0.319 e. The number of carbonyl (C=O) groups is 1. The average molecular weight is 301 g/mol. The quantitative estimate of drug-likeness (QED) is 0.725. The molecule has 112 valence electrons. The summed E-state index contributed by atoms with van der Waals surface area (Å²) in [6.45, 7) is 4.30. The Morgan fingerprint density at radius 1 is 1.45 bits per heavy atom. The minimum Gasteiger partial charge on any atom is -0.490 e. The van der Waals surface area contributed by atoms with E-state index in [1.807, 2.05) is 13.8 Å². The Morgan fingerprint density at radius 2 is 2.20 bits per heavy atom. The van der Waals surface area contributed by atoms with Crippen molar-refractivity contribution in [3.8, 4) is 5.75 Å². The molecular weight excluding hydrogens is 280 g/mol. The van der Waals surface area contributed by atoms with Crippen LogP contribution in [0.25, 0.3) is 0 Å². The van der Waals surface area contributed by atoms with E-state index in [0.717, 1.165) is 6.42 Å². The third kappa shape index (κ3) is 4.90. The van der Waals surface area contributed by atoms with Gasteiger partial charge in [0.05, 0.1) is 17.3 Å². The van der Waals surface area contributed by atoms with E-state index >= 15 is 0 Å². The van der Waals surface area contributed by atoms with Crippen molar-refractivity contribution in [3.63, 3.8) is 0 Å². The van der Waals surface area contributed by atoms with Crippen molar-refractivity contribution < 1.29 is 14.6 Å². The zero-order valence-electron chi connectivity index (χ0n) is 11.8. The molecule has 1 aromatic rings. The zero-order valence-corrected chi connectivity index (χ0v) is 12.5. The number of anilines is 1. The maximum atomic E-state index is 11.9. The topological polar surface area (TPSA) is 70.6 Å². The molecule has 0 heterocycles. The second-order valence-electron chi connectivity index (χ2n) is 4.27. The third-order valence-corrected chi connectivity index (χ3v) is 3.11. The third-order valence-electron chi connectivity index (χ3n) is 2.81. The number of benzene rings is 1. The van der Waals surface area contributed by atoms with Crippen LogP contribution in [0.5, 0.6) is 5.75 Å². The van der Waals surface area contributed by atoms with Crippen molar-refractivity contribution in [2.24, 2.45) is 0 Å². The molecule has 5 nitrogen and oxygen atoms in total. The molecule has 1 rings (SSSR count). The number of aliphatic hydroxyl groups excluding tert-OH is 1. The fourth-order valence-electron chi connectivity index (χ4n) is 1.78. The van der Waals surface area contributed by atoms with Crippen LogP contribution in [-0.4, -0.2) is 30.4 Å². The monoisotopic (exact) mass is 300 g/mol. The van der Waals surface area contributed by atoms with E-state index in [1.54, 1.807) is 18.2 Å². The molecule has 1 aromatic carbocycles. The molecule has 0 fully saturated rings. The van der Waals surface area contributed by atoms with Crippen LogP contribution in [0.1, 0.15) is 26.7 Å². The molecule has 1 unspecified atom stereocenters. The molecule has 1 atom stereocenters. The normalized spacial score (nSPS) is 11.8. The lowest BCUT2D eigenvalue weighted by molar-refractivity contribution is 0.237. The Balaban J connectivity index is 2.72. The summed E-state index contributed by atoms with van der Waals surface area (Å²) in [6.07, 6.45) is 1.28. The first-order chi connectivity index (χ1) is 9.62. The molecule has 0 aliphatic heterocycles. The predicted molar refractivity (Wildman–Crippen MR) is 80.6 cm³/mol. The van der Waals surface area contributed by atoms with E-state index in [2.05, 4.69) is 10.6 Å². The number of hydrogen-bond donors (Lipinski definition) is 3. The number of aliphatic hydroxyl groups is 1. The number of halogens is 1. The lowest BCUT2D eigenvalue weighted by atomic mass is 10.2. The van der Waals surface area contributed by atoms with Gasteiger partial charge in [0, 0.05) is 12.6 Å². The summed E-state index contributed by atoms with van der Waals surface area (Å²) < 4.78 is 5.43. The van der Waals surface area contributed by atoms with Gasteiger partial charge in [-0.3, -0.25) is 0 Å². The van der Waals surface area contributed by atoms with Crippen molar-refractivity contribution in [2.45, 2.75) is 32.7 Å². The van der Waals surface area contributed by atoms with Gasteiger partial charge >= 0.3 is 6.03 Å². The summed E-state index contributed by atoms with van der Waals surface area (Å²) in [7, 11) is 0. The number of ether oxygens (including phenoxy) is 1. The van der Waals surface area contributed by atoms with Crippen LogP contribution in [0.2, 0.25) is 5.02 Å². The molecule has 0 aliphatic carbocycles. The van der Waals surface area contributed by atoms with Crippen LogP contribution in [-0.2, 0) is 0 Å².